The molecular weight excluding hydrogens is 228 g/mol. The first-order chi connectivity index (χ1) is 8.27. The highest BCUT2D eigenvalue weighted by Gasteiger charge is 2.21. The minimum absolute atomic E-state index is 0.0912. The van der Waals surface area contributed by atoms with Gasteiger partial charge < -0.3 is 5.11 Å². The molecule has 0 heterocycles. The Kier molecular flexibility index (Phi) is 4.93. The summed E-state index contributed by atoms with van der Waals surface area (Å²) in [7, 11) is 0. The number of aryl methyl sites for hydroxylation is 1. The average molecular weight is 250 g/mol. The van der Waals surface area contributed by atoms with Gasteiger partial charge in [0, 0.05) is 11.0 Å². The van der Waals surface area contributed by atoms with Crippen LogP contribution in [0.25, 0.3) is 0 Å². The van der Waals surface area contributed by atoms with Crippen LogP contribution < -0.4 is 0 Å². The van der Waals surface area contributed by atoms with Gasteiger partial charge >= 0.3 is 0 Å². The third-order valence-electron chi connectivity index (χ3n) is 3.63. The number of rotatable bonds is 3. The van der Waals surface area contributed by atoms with Crippen LogP contribution in [-0.2, 0) is 5.75 Å². The molecule has 1 fully saturated rings. The van der Waals surface area contributed by atoms with Gasteiger partial charge in [-0.3, -0.25) is 0 Å². The van der Waals surface area contributed by atoms with Crippen LogP contribution >= 0.6 is 11.8 Å². The van der Waals surface area contributed by atoms with Crippen molar-refractivity contribution in [2.75, 3.05) is 0 Å². The van der Waals surface area contributed by atoms with Crippen LogP contribution in [0.4, 0.5) is 0 Å². The second-order valence-electron chi connectivity index (χ2n) is 4.98. The Hall–Kier alpha value is -0.470. The molecule has 0 bridgehead atoms. The van der Waals surface area contributed by atoms with Gasteiger partial charge in [0.1, 0.15) is 0 Å². The zero-order valence-corrected chi connectivity index (χ0v) is 11.4. The van der Waals surface area contributed by atoms with Crippen molar-refractivity contribution in [2.45, 2.75) is 56.1 Å². The van der Waals surface area contributed by atoms with E-state index < -0.39 is 0 Å². The van der Waals surface area contributed by atoms with E-state index in [-0.39, 0.29) is 6.10 Å². The summed E-state index contributed by atoms with van der Waals surface area (Å²) in [5.74, 6) is 1.04. The van der Waals surface area contributed by atoms with Gasteiger partial charge in [0.2, 0.25) is 0 Å². The molecule has 17 heavy (non-hydrogen) atoms. The van der Waals surface area contributed by atoms with E-state index in [1.54, 1.807) is 0 Å². The lowest BCUT2D eigenvalue weighted by Gasteiger charge is -2.20. The molecule has 2 atom stereocenters. The van der Waals surface area contributed by atoms with E-state index in [9.17, 15) is 5.11 Å². The first-order valence-corrected chi connectivity index (χ1v) is 7.66. The van der Waals surface area contributed by atoms with Crippen LogP contribution in [-0.4, -0.2) is 16.5 Å². The predicted octanol–water partition coefficient (Wildman–Crippen LogP) is 3.92. The third kappa shape index (κ3) is 3.75. The van der Waals surface area contributed by atoms with Gasteiger partial charge in [-0.25, -0.2) is 0 Å². The first kappa shape index (κ1) is 13.0. The minimum atomic E-state index is -0.0912. The average Bonchev–Trinajstić information content (AvgIpc) is 2.53. The van der Waals surface area contributed by atoms with Crippen molar-refractivity contribution in [3.63, 3.8) is 0 Å². The van der Waals surface area contributed by atoms with Gasteiger partial charge in [-0.2, -0.15) is 11.8 Å². The number of benzene rings is 1. The summed E-state index contributed by atoms with van der Waals surface area (Å²) in [5.41, 5.74) is 2.78. The van der Waals surface area contributed by atoms with Crippen molar-refractivity contribution in [3.8, 4) is 0 Å². The maximum atomic E-state index is 10.1. The number of aliphatic hydroxyl groups excluding tert-OH is 1. The fourth-order valence-electron chi connectivity index (χ4n) is 2.42. The minimum Gasteiger partial charge on any atom is -0.392 e. The number of hydrogen-bond acceptors (Lipinski definition) is 2. The molecule has 1 aliphatic rings. The molecule has 0 aromatic heterocycles. The van der Waals surface area contributed by atoms with Crippen molar-refractivity contribution in [3.05, 3.63) is 35.4 Å². The van der Waals surface area contributed by atoms with Crippen molar-refractivity contribution < 1.29 is 5.11 Å². The molecule has 0 aliphatic heterocycles. The topological polar surface area (TPSA) is 20.2 Å². The van der Waals surface area contributed by atoms with Crippen molar-refractivity contribution in [1.29, 1.82) is 0 Å². The van der Waals surface area contributed by atoms with Gasteiger partial charge in [-0.05, 0) is 30.9 Å². The zero-order valence-electron chi connectivity index (χ0n) is 10.6. The van der Waals surface area contributed by atoms with Crippen LogP contribution in [0, 0.1) is 6.92 Å². The van der Waals surface area contributed by atoms with E-state index in [0.29, 0.717) is 5.25 Å². The van der Waals surface area contributed by atoms with E-state index in [0.717, 1.165) is 12.2 Å². The molecule has 2 rings (SSSR count). The lowest BCUT2D eigenvalue weighted by Crippen LogP contribution is -2.21. The molecule has 2 unspecified atom stereocenters. The van der Waals surface area contributed by atoms with E-state index >= 15 is 0 Å². The summed E-state index contributed by atoms with van der Waals surface area (Å²) in [6, 6.07) is 8.56. The maximum absolute atomic E-state index is 10.1. The summed E-state index contributed by atoms with van der Waals surface area (Å²) in [4.78, 5) is 0. The smallest absolute Gasteiger partial charge is 0.0658 e. The molecule has 0 spiro atoms. The second-order valence-corrected chi connectivity index (χ2v) is 6.21. The van der Waals surface area contributed by atoms with E-state index in [1.807, 2.05) is 11.8 Å². The fourth-order valence-corrected chi connectivity index (χ4v) is 3.83. The Morgan fingerprint density at radius 1 is 1.18 bits per heavy atom. The Labute approximate surface area is 109 Å². The molecule has 1 aromatic rings. The second kappa shape index (κ2) is 6.46. The van der Waals surface area contributed by atoms with E-state index in [2.05, 4.69) is 31.2 Å². The summed E-state index contributed by atoms with van der Waals surface area (Å²) < 4.78 is 0. The highest BCUT2D eigenvalue weighted by atomic mass is 32.2. The quantitative estimate of drug-likeness (QED) is 0.820. The molecule has 1 aromatic carbocycles. The van der Waals surface area contributed by atoms with Crippen LogP contribution in [0.2, 0.25) is 0 Å². The van der Waals surface area contributed by atoms with Crippen LogP contribution in [0.1, 0.15) is 43.2 Å². The largest absolute Gasteiger partial charge is 0.392 e. The number of aliphatic hydroxyl groups is 1. The molecular formula is C15H22OS. The van der Waals surface area contributed by atoms with E-state index in [4.69, 9.17) is 0 Å². The Morgan fingerprint density at radius 3 is 2.76 bits per heavy atom. The zero-order chi connectivity index (χ0) is 12.1. The Bertz CT molecular complexity index is 351. The highest BCUT2D eigenvalue weighted by molar-refractivity contribution is 7.99. The normalized spacial score (nSPS) is 25.5. The van der Waals surface area contributed by atoms with Gasteiger partial charge in [0.15, 0.2) is 0 Å². The molecule has 1 N–H and O–H groups in total. The molecule has 1 aliphatic carbocycles. The maximum Gasteiger partial charge on any atom is 0.0658 e. The van der Waals surface area contributed by atoms with Gasteiger partial charge in [0.05, 0.1) is 6.10 Å². The van der Waals surface area contributed by atoms with Crippen molar-refractivity contribution in [2.24, 2.45) is 0 Å². The summed E-state index contributed by atoms with van der Waals surface area (Å²) >= 11 is 1.94. The van der Waals surface area contributed by atoms with Crippen LogP contribution in [0.3, 0.4) is 0 Å². The van der Waals surface area contributed by atoms with Crippen LogP contribution in [0.15, 0.2) is 24.3 Å². The summed E-state index contributed by atoms with van der Waals surface area (Å²) in [6.07, 6.45) is 5.85. The first-order valence-electron chi connectivity index (χ1n) is 6.61. The summed E-state index contributed by atoms with van der Waals surface area (Å²) in [5, 5.41) is 10.5. The summed E-state index contributed by atoms with van der Waals surface area (Å²) in [6.45, 7) is 2.17. The fraction of sp³-hybridized carbons (Fsp3) is 0.600. The molecule has 2 heteroatoms. The van der Waals surface area contributed by atoms with E-state index in [1.165, 1.54) is 36.8 Å². The lowest BCUT2D eigenvalue weighted by atomic mass is 10.1. The van der Waals surface area contributed by atoms with Gasteiger partial charge in [-0.1, -0.05) is 43.5 Å². The van der Waals surface area contributed by atoms with Gasteiger partial charge in [0.25, 0.3) is 0 Å². The predicted molar refractivity (Wildman–Crippen MR) is 75.4 cm³/mol. The highest BCUT2D eigenvalue weighted by Crippen LogP contribution is 2.30. The molecule has 0 amide bonds. The Balaban J connectivity index is 1.90. The SMILES string of the molecule is Cc1ccccc1CSC1CCCCCC1O. The monoisotopic (exact) mass is 250 g/mol. The molecule has 0 saturated heterocycles. The third-order valence-corrected chi connectivity index (χ3v) is 5.09. The molecule has 1 saturated carbocycles. The van der Waals surface area contributed by atoms with Crippen molar-refractivity contribution >= 4 is 11.8 Å². The number of thioether (sulfide) groups is 1. The molecule has 0 radical (unpaired) electrons. The lowest BCUT2D eigenvalue weighted by molar-refractivity contribution is 0.163. The Morgan fingerprint density at radius 2 is 1.94 bits per heavy atom. The standard InChI is InChI=1S/C15H22OS/c1-12-7-5-6-8-13(12)11-17-15-10-4-2-3-9-14(15)16/h5-8,14-16H,2-4,9-11H2,1H3. The number of hydrogen-bond donors (Lipinski definition) is 1. The van der Waals surface area contributed by atoms with Crippen LogP contribution in [0.5, 0.6) is 0 Å². The van der Waals surface area contributed by atoms with Gasteiger partial charge in [-0.15, -0.1) is 0 Å². The molecule has 94 valence electrons. The molecule has 1 nitrogen and oxygen atoms in total. The van der Waals surface area contributed by atoms with Crippen molar-refractivity contribution in [1.82, 2.24) is 0 Å².